The normalized spacial score (nSPS) is 12.1. The van der Waals surface area contributed by atoms with E-state index >= 15 is 0 Å². The number of carbonyl (C=O) groups is 1. The number of phenolic OH excluding ortho intramolecular Hbond substituents is 1. The summed E-state index contributed by atoms with van der Waals surface area (Å²) >= 11 is 2.02. The van der Waals surface area contributed by atoms with Crippen LogP contribution in [0.3, 0.4) is 0 Å². The van der Waals surface area contributed by atoms with Crippen LogP contribution in [0.25, 0.3) is 0 Å². The Kier molecular flexibility index (Phi) is 7.24. The molecule has 0 bridgehead atoms. The molecule has 25 heavy (non-hydrogen) atoms. The van der Waals surface area contributed by atoms with Gasteiger partial charge in [0.2, 0.25) is 0 Å². The number of aromatic hydroxyl groups is 1. The SMILES string of the molecule is CC[C@H](C)c1ccc(OCC(=O)N/N=C\c2ccc(O)c(I)c2)cc1. The van der Waals surface area contributed by atoms with Gasteiger partial charge >= 0.3 is 0 Å². The highest BCUT2D eigenvalue weighted by Crippen LogP contribution is 2.21. The quantitative estimate of drug-likeness (QED) is 0.379. The van der Waals surface area contributed by atoms with Gasteiger partial charge in [0.25, 0.3) is 5.91 Å². The molecule has 0 aliphatic rings. The van der Waals surface area contributed by atoms with Crippen LogP contribution in [0.15, 0.2) is 47.6 Å². The van der Waals surface area contributed by atoms with Gasteiger partial charge in [-0.1, -0.05) is 26.0 Å². The van der Waals surface area contributed by atoms with Crippen molar-refractivity contribution in [1.82, 2.24) is 5.43 Å². The van der Waals surface area contributed by atoms with Crippen LogP contribution < -0.4 is 10.2 Å². The van der Waals surface area contributed by atoms with E-state index in [9.17, 15) is 9.90 Å². The molecule has 2 rings (SSSR count). The Hall–Kier alpha value is -2.09. The molecular formula is C19H21IN2O3. The maximum Gasteiger partial charge on any atom is 0.277 e. The zero-order chi connectivity index (χ0) is 18.2. The van der Waals surface area contributed by atoms with E-state index in [-0.39, 0.29) is 18.3 Å². The number of halogens is 1. The Morgan fingerprint density at radius 1 is 1.32 bits per heavy atom. The molecular weight excluding hydrogens is 431 g/mol. The third-order valence-corrected chi connectivity index (χ3v) is 4.67. The first-order valence-corrected chi connectivity index (χ1v) is 9.10. The van der Waals surface area contributed by atoms with Crippen molar-refractivity contribution in [3.63, 3.8) is 0 Å². The van der Waals surface area contributed by atoms with E-state index in [1.165, 1.54) is 11.8 Å². The topological polar surface area (TPSA) is 70.9 Å². The molecule has 0 aromatic heterocycles. The van der Waals surface area contributed by atoms with Gasteiger partial charge in [-0.15, -0.1) is 0 Å². The fraction of sp³-hybridized carbons (Fsp3) is 0.263. The average molecular weight is 452 g/mol. The molecule has 5 nitrogen and oxygen atoms in total. The van der Waals surface area contributed by atoms with Gasteiger partial charge in [0, 0.05) is 0 Å². The highest BCUT2D eigenvalue weighted by Gasteiger charge is 2.05. The molecule has 0 saturated heterocycles. The molecule has 0 aliphatic carbocycles. The lowest BCUT2D eigenvalue weighted by molar-refractivity contribution is -0.123. The molecule has 2 N–H and O–H groups in total. The molecule has 0 saturated carbocycles. The number of hydrogen-bond acceptors (Lipinski definition) is 4. The van der Waals surface area contributed by atoms with Crippen LogP contribution in [0.4, 0.5) is 0 Å². The van der Waals surface area contributed by atoms with Crippen molar-refractivity contribution < 1.29 is 14.6 Å². The van der Waals surface area contributed by atoms with Crippen molar-refractivity contribution in [2.75, 3.05) is 6.61 Å². The van der Waals surface area contributed by atoms with Crippen LogP contribution in [0.2, 0.25) is 0 Å². The summed E-state index contributed by atoms with van der Waals surface area (Å²) in [6, 6.07) is 12.8. The minimum atomic E-state index is -0.337. The predicted octanol–water partition coefficient (Wildman–Crippen LogP) is 4.04. The van der Waals surface area contributed by atoms with Crippen molar-refractivity contribution >= 4 is 34.7 Å². The van der Waals surface area contributed by atoms with E-state index in [2.05, 4.69) is 24.4 Å². The first-order chi connectivity index (χ1) is 12.0. The van der Waals surface area contributed by atoms with E-state index in [0.29, 0.717) is 11.7 Å². The van der Waals surface area contributed by atoms with Crippen molar-refractivity contribution in [3.05, 3.63) is 57.2 Å². The van der Waals surface area contributed by atoms with Gasteiger partial charge in [0.05, 0.1) is 9.78 Å². The molecule has 0 heterocycles. The fourth-order valence-corrected chi connectivity index (χ4v) is 2.63. The fourth-order valence-electron chi connectivity index (χ4n) is 2.09. The van der Waals surface area contributed by atoms with Gasteiger partial charge in [0.1, 0.15) is 11.5 Å². The van der Waals surface area contributed by atoms with Gasteiger partial charge in [-0.25, -0.2) is 5.43 Å². The van der Waals surface area contributed by atoms with E-state index in [4.69, 9.17) is 4.74 Å². The number of nitrogens with zero attached hydrogens (tertiary/aromatic N) is 1. The number of ether oxygens (including phenoxy) is 1. The van der Waals surface area contributed by atoms with E-state index in [1.807, 2.05) is 46.9 Å². The summed E-state index contributed by atoms with van der Waals surface area (Å²) in [6.45, 7) is 4.22. The molecule has 0 unspecified atom stereocenters. The van der Waals surface area contributed by atoms with Crippen molar-refractivity contribution in [3.8, 4) is 11.5 Å². The first-order valence-electron chi connectivity index (χ1n) is 8.02. The summed E-state index contributed by atoms with van der Waals surface area (Å²) in [4.78, 5) is 11.8. The molecule has 0 fully saturated rings. The minimum Gasteiger partial charge on any atom is -0.507 e. The number of carbonyl (C=O) groups excluding carboxylic acids is 1. The summed E-state index contributed by atoms with van der Waals surface area (Å²) < 4.78 is 6.17. The van der Waals surface area contributed by atoms with Crippen molar-refractivity contribution in [1.29, 1.82) is 0 Å². The maximum absolute atomic E-state index is 11.8. The van der Waals surface area contributed by atoms with Crippen LogP contribution in [0.1, 0.15) is 37.3 Å². The predicted molar refractivity (Wildman–Crippen MR) is 107 cm³/mol. The molecule has 2 aromatic rings. The van der Waals surface area contributed by atoms with Crippen LogP contribution >= 0.6 is 22.6 Å². The lowest BCUT2D eigenvalue weighted by Gasteiger charge is -2.10. The number of amides is 1. The van der Waals surface area contributed by atoms with Gasteiger partial charge in [-0.05, 0) is 76.4 Å². The average Bonchev–Trinajstić information content (AvgIpc) is 2.62. The van der Waals surface area contributed by atoms with Crippen molar-refractivity contribution in [2.45, 2.75) is 26.2 Å². The largest absolute Gasteiger partial charge is 0.507 e. The van der Waals surface area contributed by atoms with Crippen LogP contribution in [-0.2, 0) is 4.79 Å². The Morgan fingerprint density at radius 2 is 2.04 bits per heavy atom. The highest BCUT2D eigenvalue weighted by molar-refractivity contribution is 14.1. The number of rotatable bonds is 7. The second kappa shape index (κ2) is 9.41. The number of phenols is 1. The Labute approximate surface area is 161 Å². The van der Waals surface area contributed by atoms with Crippen LogP contribution in [0, 0.1) is 3.57 Å². The van der Waals surface area contributed by atoms with Crippen LogP contribution in [-0.4, -0.2) is 23.8 Å². The second-order valence-electron chi connectivity index (χ2n) is 5.67. The minimum absolute atomic E-state index is 0.104. The van der Waals surface area contributed by atoms with E-state index in [1.54, 1.807) is 18.2 Å². The van der Waals surface area contributed by atoms with Gasteiger partial charge in [-0.2, -0.15) is 5.10 Å². The van der Waals surface area contributed by atoms with E-state index in [0.717, 1.165) is 15.6 Å². The van der Waals surface area contributed by atoms with Gasteiger partial charge in [0.15, 0.2) is 6.61 Å². The molecule has 1 atom stereocenters. The number of benzene rings is 2. The summed E-state index contributed by atoms with van der Waals surface area (Å²) in [5, 5.41) is 13.3. The van der Waals surface area contributed by atoms with Crippen molar-refractivity contribution in [2.24, 2.45) is 5.10 Å². The summed E-state index contributed by atoms with van der Waals surface area (Å²) in [5.74, 6) is 1.04. The Bertz CT molecular complexity index is 745. The molecule has 0 radical (unpaired) electrons. The van der Waals surface area contributed by atoms with Gasteiger partial charge in [-0.3, -0.25) is 4.79 Å². The van der Waals surface area contributed by atoms with E-state index < -0.39 is 0 Å². The van der Waals surface area contributed by atoms with Crippen LogP contribution in [0.5, 0.6) is 11.5 Å². The molecule has 6 heteroatoms. The zero-order valence-electron chi connectivity index (χ0n) is 14.2. The second-order valence-corrected chi connectivity index (χ2v) is 6.83. The monoisotopic (exact) mass is 452 g/mol. The third-order valence-electron chi connectivity index (χ3n) is 3.81. The number of nitrogens with one attached hydrogen (secondary N) is 1. The number of hydrogen-bond donors (Lipinski definition) is 2. The summed E-state index contributed by atoms with van der Waals surface area (Å²) in [6.07, 6.45) is 2.60. The smallest absolute Gasteiger partial charge is 0.277 e. The number of hydrazone groups is 1. The molecule has 1 amide bonds. The molecule has 2 aromatic carbocycles. The maximum atomic E-state index is 11.8. The highest BCUT2D eigenvalue weighted by atomic mass is 127. The summed E-state index contributed by atoms with van der Waals surface area (Å²) in [5.41, 5.74) is 4.45. The Balaban J connectivity index is 1.80. The lowest BCUT2D eigenvalue weighted by atomic mass is 9.99. The molecule has 0 spiro atoms. The lowest BCUT2D eigenvalue weighted by Crippen LogP contribution is -2.24. The van der Waals surface area contributed by atoms with Gasteiger partial charge < -0.3 is 9.84 Å². The first kappa shape index (κ1) is 19.2. The summed E-state index contributed by atoms with van der Waals surface area (Å²) in [7, 11) is 0. The molecule has 132 valence electrons. The third kappa shape index (κ3) is 6.04. The molecule has 0 aliphatic heterocycles. The Morgan fingerprint density at radius 3 is 2.68 bits per heavy atom. The zero-order valence-corrected chi connectivity index (χ0v) is 16.4. The standard InChI is InChI=1S/C19H21IN2O3/c1-3-13(2)15-5-7-16(8-6-15)25-12-19(24)22-21-11-14-4-9-18(23)17(20)10-14/h4-11,13,23H,3,12H2,1-2H3,(H,22,24)/b21-11-/t13-/m0/s1.